The summed E-state index contributed by atoms with van der Waals surface area (Å²) in [4.78, 5) is 0. The van der Waals surface area contributed by atoms with Crippen LogP contribution in [0.4, 0.5) is 0 Å². The van der Waals surface area contributed by atoms with E-state index in [1.165, 1.54) is 0 Å². The van der Waals surface area contributed by atoms with Gasteiger partial charge in [0.2, 0.25) is 0 Å². The van der Waals surface area contributed by atoms with Crippen LogP contribution >= 0.6 is 0 Å². The van der Waals surface area contributed by atoms with Crippen LogP contribution in [0.2, 0.25) is 0 Å². The van der Waals surface area contributed by atoms with Crippen molar-refractivity contribution in [2.45, 2.75) is 53.4 Å². The molecule has 4 atom stereocenters. The third-order valence-corrected chi connectivity index (χ3v) is 6.15. The monoisotopic (exact) mass is 192 g/mol. The van der Waals surface area contributed by atoms with Crippen molar-refractivity contribution in [1.82, 2.24) is 0 Å². The lowest BCUT2D eigenvalue weighted by Crippen LogP contribution is -2.46. The van der Waals surface area contributed by atoms with Gasteiger partial charge in [0.1, 0.15) is 0 Å². The van der Waals surface area contributed by atoms with Gasteiger partial charge in [0.15, 0.2) is 0 Å². The Balaban J connectivity index is 1.91. The molecule has 0 amide bonds. The van der Waals surface area contributed by atoms with Gasteiger partial charge < -0.3 is 0 Å². The zero-order chi connectivity index (χ0) is 10.1. The zero-order valence-corrected chi connectivity index (χ0v) is 10.1. The molecule has 0 heterocycles. The van der Waals surface area contributed by atoms with Crippen LogP contribution in [0.1, 0.15) is 53.4 Å². The van der Waals surface area contributed by atoms with E-state index in [2.05, 4.69) is 27.7 Å². The van der Waals surface area contributed by atoms with E-state index >= 15 is 0 Å². The smallest absolute Gasteiger partial charge is 0.0253 e. The van der Waals surface area contributed by atoms with E-state index in [9.17, 15) is 0 Å². The van der Waals surface area contributed by atoms with Gasteiger partial charge in [-0.15, -0.1) is 0 Å². The summed E-state index contributed by atoms with van der Waals surface area (Å²) in [7, 11) is 0. The Labute approximate surface area is 88.5 Å². The molecule has 4 unspecified atom stereocenters. The van der Waals surface area contributed by atoms with Gasteiger partial charge in [0, 0.05) is 0 Å². The van der Waals surface area contributed by atoms with Crippen LogP contribution in [0, 0.1) is 34.5 Å². The molecule has 0 aromatic rings. The van der Waals surface area contributed by atoms with Crippen molar-refractivity contribution in [3.8, 4) is 0 Å². The maximum Gasteiger partial charge on any atom is -0.0253 e. The van der Waals surface area contributed by atoms with Crippen LogP contribution < -0.4 is 0 Å². The SMILES string of the molecule is CC1CC23CC(C)(CC2C(C)C1C)C3. The highest BCUT2D eigenvalue weighted by molar-refractivity contribution is 5.16. The fraction of sp³-hybridized carbons (Fsp3) is 1.00. The lowest BCUT2D eigenvalue weighted by molar-refractivity contribution is -0.0464. The summed E-state index contributed by atoms with van der Waals surface area (Å²) < 4.78 is 0. The van der Waals surface area contributed by atoms with Gasteiger partial charge in [0.05, 0.1) is 0 Å². The molecule has 4 saturated carbocycles. The summed E-state index contributed by atoms with van der Waals surface area (Å²) in [5, 5.41) is 0. The third-order valence-electron chi connectivity index (χ3n) is 6.15. The summed E-state index contributed by atoms with van der Waals surface area (Å²) in [6.07, 6.45) is 6.21. The molecule has 2 bridgehead atoms. The fourth-order valence-corrected chi connectivity index (χ4v) is 5.55. The molecular weight excluding hydrogens is 168 g/mol. The van der Waals surface area contributed by atoms with Crippen LogP contribution in [0.15, 0.2) is 0 Å². The second-order valence-corrected chi connectivity index (χ2v) is 7.24. The molecule has 14 heavy (non-hydrogen) atoms. The quantitative estimate of drug-likeness (QED) is 0.542. The Kier molecular flexibility index (Phi) is 1.58. The first-order valence-electron chi connectivity index (χ1n) is 6.46. The molecule has 0 N–H and O–H groups in total. The second-order valence-electron chi connectivity index (χ2n) is 7.24. The highest BCUT2D eigenvalue weighted by Crippen LogP contribution is 2.75. The Hall–Kier alpha value is 0. The van der Waals surface area contributed by atoms with E-state index in [-0.39, 0.29) is 0 Å². The van der Waals surface area contributed by atoms with Gasteiger partial charge in [-0.1, -0.05) is 27.7 Å². The molecule has 80 valence electrons. The van der Waals surface area contributed by atoms with Gasteiger partial charge in [-0.3, -0.25) is 0 Å². The summed E-state index contributed by atoms with van der Waals surface area (Å²) in [5.41, 5.74) is 1.59. The average molecular weight is 192 g/mol. The number of hydrogen-bond acceptors (Lipinski definition) is 0. The Morgan fingerprint density at radius 3 is 2.21 bits per heavy atom. The molecular formula is C14H24. The summed E-state index contributed by atoms with van der Waals surface area (Å²) in [5.74, 6) is 4.01. The van der Waals surface area contributed by atoms with E-state index in [4.69, 9.17) is 0 Å². The highest BCUT2D eigenvalue weighted by Gasteiger charge is 2.66. The van der Waals surface area contributed by atoms with Gasteiger partial charge >= 0.3 is 0 Å². The topological polar surface area (TPSA) is 0 Å². The molecule has 4 aliphatic carbocycles. The van der Waals surface area contributed by atoms with Gasteiger partial charge in [-0.25, -0.2) is 0 Å². The Morgan fingerprint density at radius 2 is 1.57 bits per heavy atom. The lowest BCUT2D eigenvalue weighted by atomic mass is 9.51. The first kappa shape index (κ1) is 9.24. The Morgan fingerprint density at radius 1 is 0.929 bits per heavy atom. The normalized spacial score (nSPS) is 66.0. The van der Waals surface area contributed by atoms with Crippen LogP contribution in [-0.4, -0.2) is 0 Å². The van der Waals surface area contributed by atoms with Crippen molar-refractivity contribution >= 4 is 0 Å². The minimum atomic E-state index is 0.767. The molecule has 0 aliphatic heterocycles. The molecule has 1 spiro atoms. The standard InChI is InChI=1S/C14H24/c1-9-5-14-7-13(4,8-14)6-12(14)11(3)10(9)2/h9-12H,5-8H2,1-4H3. The van der Waals surface area contributed by atoms with Crippen molar-refractivity contribution in [2.75, 3.05) is 0 Å². The van der Waals surface area contributed by atoms with Crippen LogP contribution in [0.3, 0.4) is 0 Å². The average Bonchev–Trinajstić information content (AvgIpc) is 2.48. The summed E-state index contributed by atoms with van der Waals surface area (Å²) in [6.45, 7) is 10.0. The maximum absolute atomic E-state index is 2.53. The third kappa shape index (κ3) is 0.907. The predicted octanol–water partition coefficient (Wildman–Crippen LogP) is 4.10. The summed E-state index contributed by atoms with van der Waals surface area (Å²) in [6, 6.07) is 0. The Bertz CT molecular complexity index is 259. The van der Waals surface area contributed by atoms with Gasteiger partial charge in [-0.2, -0.15) is 0 Å². The molecule has 0 heteroatoms. The molecule has 4 fully saturated rings. The molecule has 4 aliphatic rings. The second kappa shape index (κ2) is 2.39. The van der Waals surface area contributed by atoms with Crippen LogP contribution in [-0.2, 0) is 0 Å². The predicted molar refractivity (Wildman–Crippen MR) is 60.0 cm³/mol. The van der Waals surface area contributed by atoms with Crippen molar-refractivity contribution < 1.29 is 0 Å². The number of rotatable bonds is 0. The van der Waals surface area contributed by atoms with Crippen molar-refractivity contribution in [2.24, 2.45) is 34.5 Å². The van der Waals surface area contributed by atoms with Crippen molar-refractivity contribution in [3.63, 3.8) is 0 Å². The minimum absolute atomic E-state index is 0.767. The van der Waals surface area contributed by atoms with Gasteiger partial charge in [0.25, 0.3) is 0 Å². The first-order chi connectivity index (χ1) is 6.46. The van der Waals surface area contributed by atoms with Crippen LogP contribution in [0.25, 0.3) is 0 Å². The molecule has 4 rings (SSSR count). The maximum atomic E-state index is 2.53. The van der Waals surface area contributed by atoms with E-state index in [0.29, 0.717) is 0 Å². The molecule has 0 radical (unpaired) electrons. The first-order valence-corrected chi connectivity index (χ1v) is 6.46. The summed E-state index contributed by atoms with van der Waals surface area (Å²) >= 11 is 0. The van der Waals surface area contributed by atoms with E-state index < -0.39 is 0 Å². The largest absolute Gasteiger partial charge is 0.0622 e. The number of hydrogen-bond donors (Lipinski definition) is 0. The lowest BCUT2D eigenvalue weighted by Gasteiger charge is -2.54. The fourth-order valence-electron chi connectivity index (χ4n) is 5.55. The molecule has 0 aromatic heterocycles. The van der Waals surface area contributed by atoms with Crippen molar-refractivity contribution in [3.05, 3.63) is 0 Å². The molecule has 0 aromatic carbocycles. The van der Waals surface area contributed by atoms with Crippen LogP contribution in [0.5, 0.6) is 0 Å². The highest BCUT2D eigenvalue weighted by atomic mass is 14.7. The van der Waals surface area contributed by atoms with E-state index in [0.717, 1.165) is 34.5 Å². The molecule has 0 saturated heterocycles. The molecule has 0 nitrogen and oxygen atoms in total. The van der Waals surface area contributed by atoms with Gasteiger partial charge in [-0.05, 0) is 60.2 Å². The minimum Gasteiger partial charge on any atom is -0.0622 e. The van der Waals surface area contributed by atoms with E-state index in [1.54, 1.807) is 25.7 Å². The van der Waals surface area contributed by atoms with E-state index in [1.807, 2.05) is 0 Å². The zero-order valence-electron chi connectivity index (χ0n) is 10.1. The van der Waals surface area contributed by atoms with Crippen molar-refractivity contribution in [1.29, 1.82) is 0 Å².